The van der Waals surface area contributed by atoms with Gasteiger partial charge in [0.2, 0.25) is 0 Å². The number of nitrogens with one attached hydrogen (secondary N) is 1. The molecule has 1 aliphatic heterocycles. The van der Waals surface area contributed by atoms with Crippen molar-refractivity contribution in [1.29, 1.82) is 0 Å². The molecule has 1 aromatic heterocycles. The Balaban J connectivity index is 2.07. The lowest BCUT2D eigenvalue weighted by Gasteiger charge is -2.28. The summed E-state index contributed by atoms with van der Waals surface area (Å²) in [4.78, 5) is 6.80. The van der Waals surface area contributed by atoms with Crippen LogP contribution in [0.1, 0.15) is 31.7 Å². The van der Waals surface area contributed by atoms with E-state index in [4.69, 9.17) is 11.6 Å². The molecule has 0 spiro atoms. The Hall–Kier alpha value is -0.800. The number of anilines is 1. The number of hydrogen-bond donors (Lipinski definition) is 1. The highest BCUT2D eigenvalue weighted by atomic mass is 35.5. The lowest BCUT2D eigenvalue weighted by Crippen LogP contribution is -2.30. The van der Waals surface area contributed by atoms with Crippen LogP contribution in [0.3, 0.4) is 0 Å². The standard InChI is InChI=1S/C13H20ClN3/c1-2-15-9-11-8-12(14)13(16-10-11)17-6-4-3-5-7-17/h8,10,15H,2-7,9H2,1H3. The smallest absolute Gasteiger partial charge is 0.147 e. The second-order valence-corrected chi connectivity index (χ2v) is 4.88. The number of aromatic nitrogens is 1. The Morgan fingerprint density at radius 3 is 2.76 bits per heavy atom. The van der Waals surface area contributed by atoms with E-state index in [1.165, 1.54) is 19.3 Å². The van der Waals surface area contributed by atoms with Crippen LogP contribution in [0.4, 0.5) is 5.82 Å². The summed E-state index contributed by atoms with van der Waals surface area (Å²) in [5.74, 6) is 0.951. The van der Waals surface area contributed by atoms with Gasteiger partial charge in [-0.05, 0) is 37.4 Å². The lowest BCUT2D eigenvalue weighted by molar-refractivity contribution is 0.573. The molecule has 0 atom stereocenters. The molecule has 1 fully saturated rings. The van der Waals surface area contributed by atoms with Crippen molar-refractivity contribution in [2.75, 3.05) is 24.5 Å². The van der Waals surface area contributed by atoms with Crippen LogP contribution in [0.15, 0.2) is 12.3 Å². The summed E-state index contributed by atoms with van der Waals surface area (Å²) in [7, 11) is 0. The third kappa shape index (κ3) is 3.33. The van der Waals surface area contributed by atoms with E-state index in [1.807, 2.05) is 12.3 Å². The maximum absolute atomic E-state index is 6.31. The fourth-order valence-electron chi connectivity index (χ4n) is 2.17. The van der Waals surface area contributed by atoms with Gasteiger partial charge in [0.05, 0.1) is 5.02 Å². The van der Waals surface area contributed by atoms with Crippen LogP contribution in [0.5, 0.6) is 0 Å². The molecule has 3 nitrogen and oxygen atoms in total. The van der Waals surface area contributed by atoms with E-state index in [9.17, 15) is 0 Å². The largest absolute Gasteiger partial charge is 0.355 e. The molecule has 0 aliphatic carbocycles. The Kier molecular flexibility index (Phi) is 4.63. The molecular weight excluding hydrogens is 234 g/mol. The first kappa shape index (κ1) is 12.7. The number of nitrogens with zero attached hydrogens (tertiary/aromatic N) is 2. The molecule has 0 radical (unpaired) electrons. The van der Waals surface area contributed by atoms with Gasteiger partial charge in [-0.3, -0.25) is 0 Å². The number of halogens is 1. The van der Waals surface area contributed by atoms with E-state index >= 15 is 0 Å². The van der Waals surface area contributed by atoms with E-state index in [0.29, 0.717) is 0 Å². The van der Waals surface area contributed by atoms with Crippen LogP contribution < -0.4 is 10.2 Å². The fourth-order valence-corrected chi connectivity index (χ4v) is 2.48. The highest BCUT2D eigenvalue weighted by Crippen LogP contribution is 2.26. The molecule has 0 saturated carbocycles. The van der Waals surface area contributed by atoms with Gasteiger partial charge in [-0.1, -0.05) is 18.5 Å². The van der Waals surface area contributed by atoms with E-state index in [1.54, 1.807) is 0 Å². The van der Waals surface area contributed by atoms with Crippen LogP contribution in [0.2, 0.25) is 5.02 Å². The van der Waals surface area contributed by atoms with Crippen molar-refractivity contribution in [2.45, 2.75) is 32.7 Å². The molecule has 2 rings (SSSR count). The van der Waals surface area contributed by atoms with Crippen LogP contribution in [0, 0.1) is 0 Å². The Labute approximate surface area is 108 Å². The van der Waals surface area contributed by atoms with Gasteiger partial charge < -0.3 is 10.2 Å². The number of rotatable bonds is 4. The van der Waals surface area contributed by atoms with Gasteiger partial charge in [-0.25, -0.2) is 4.98 Å². The summed E-state index contributed by atoms with van der Waals surface area (Å²) >= 11 is 6.31. The first-order valence-corrected chi connectivity index (χ1v) is 6.79. The van der Waals surface area contributed by atoms with Crippen molar-refractivity contribution in [3.63, 3.8) is 0 Å². The van der Waals surface area contributed by atoms with Crippen LogP contribution in [-0.4, -0.2) is 24.6 Å². The summed E-state index contributed by atoms with van der Waals surface area (Å²) in [6, 6.07) is 2.03. The maximum Gasteiger partial charge on any atom is 0.147 e. The zero-order chi connectivity index (χ0) is 12.1. The third-order valence-electron chi connectivity index (χ3n) is 3.11. The topological polar surface area (TPSA) is 28.2 Å². The second kappa shape index (κ2) is 6.22. The first-order chi connectivity index (χ1) is 8.31. The second-order valence-electron chi connectivity index (χ2n) is 4.48. The number of piperidine rings is 1. The number of pyridine rings is 1. The minimum Gasteiger partial charge on any atom is -0.355 e. The summed E-state index contributed by atoms with van der Waals surface area (Å²) in [5, 5.41) is 4.06. The summed E-state index contributed by atoms with van der Waals surface area (Å²) in [6.07, 6.45) is 5.75. The first-order valence-electron chi connectivity index (χ1n) is 6.41. The van der Waals surface area contributed by atoms with Crippen molar-refractivity contribution in [3.8, 4) is 0 Å². The molecule has 0 amide bonds. The lowest BCUT2D eigenvalue weighted by atomic mass is 10.1. The Morgan fingerprint density at radius 1 is 1.35 bits per heavy atom. The van der Waals surface area contributed by atoms with Crippen LogP contribution >= 0.6 is 11.6 Å². The van der Waals surface area contributed by atoms with E-state index in [2.05, 4.69) is 22.1 Å². The van der Waals surface area contributed by atoms with Gasteiger partial charge >= 0.3 is 0 Å². The van der Waals surface area contributed by atoms with Crippen molar-refractivity contribution in [1.82, 2.24) is 10.3 Å². The summed E-state index contributed by atoms with van der Waals surface area (Å²) in [5.41, 5.74) is 1.15. The molecule has 0 aromatic carbocycles. The molecular formula is C13H20ClN3. The minimum absolute atomic E-state index is 0.780. The molecule has 1 aromatic rings. The van der Waals surface area contributed by atoms with Crippen molar-refractivity contribution in [3.05, 3.63) is 22.8 Å². The molecule has 0 unspecified atom stereocenters. The maximum atomic E-state index is 6.31. The van der Waals surface area contributed by atoms with E-state index in [0.717, 1.165) is 42.6 Å². The predicted molar refractivity (Wildman–Crippen MR) is 72.7 cm³/mol. The van der Waals surface area contributed by atoms with E-state index < -0.39 is 0 Å². The van der Waals surface area contributed by atoms with Gasteiger partial charge in [-0.2, -0.15) is 0 Å². The normalized spacial score (nSPS) is 16.2. The highest BCUT2D eigenvalue weighted by Gasteiger charge is 2.15. The molecule has 1 N–H and O–H groups in total. The average Bonchev–Trinajstić information content (AvgIpc) is 2.37. The monoisotopic (exact) mass is 253 g/mol. The van der Waals surface area contributed by atoms with Gasteiger partial charge in [0, 0.05) is 25.8 Å². The van der Waals surface area contributed by atoms with Crippen molar-refractivity contribution >= 4 is 17.4 Å². The Bertz CT molecular complexity index is 362. The predicted octanol–water partition coefficient (Wildman–Crippen LogP) is 2.83. The third-order valence-corrected chi connectivity index (χ3v) is 3.39. The van der Waals surface area contributed by atoms with Gasteiger partial charge in [-0.15, -0.1) is 0 Å². The van der Waals surface area contributed by atoms with Gasteiger partial charge in [0.25, 0.3) is 0 Å². The molecule has 1 aliphatic rings. The zero-order valence-corrected chi connectivity index (χ0v) is 11.1. The van der Waals surface area contributed by atoms with Crippen LogP contribution in [-0.2, 0) is 6.54 Å². The average molecular weight is 254 g/mol. The molecule has 4 heteroatoms. The number of hydrogen-bond acceptors (Lipinski definition) is 3. The van der Waals surface area contributed by atoms with Crippen molar-refractivity contribution < 1.29 is 0 Å². The molecule has 1 saturated heterocycles. The molecule has 0 bridgehead atoms. The highest BCUT2D eigenvalue weighted by molar-refractivity contribution is 6.33. The Morgan fingerprint density at radius 2 is 2.12 bits per heavy atom. The van der Waals surface area contributed by atoms with E-state index in [-0.39, 0.29) is 0 Å². The van der Waals surface area contributed by atoms with Crippen molar-refractivity contribution in [2.24, 2.45) is 0 Å². The quantitative estimate of drug-likeness (QED) is 0.895. The van der Waals surface area contributed by atoms with Gasteiger partial charge in [0.15, 0.2) is 0 Å². The zero-order valence-electron chi connectivity index (χ0n) is 10.4. The van der Waals surface area contributed by atoms with Crippen LogP contribution in [0.25, 0.3) is 0 Å². The van der Waals surface area contributed by atoms with Gasteiger partial charge in [0.1, 0.15) is 5.82 Å². The molecule has 2 heterocycles. The molecule has 17 heavy (non-hydrogen) atoms. The SMILES string of the molecule is CCNCc1cnc(N2CCCCC2)c(Cl)c1. The molecule has 94 valence electrons. The summed E-state index contributed by atoms with van der Waals surface area (Å²) < 4.78 is 0. The summed E-state index contributed by atoms with van der Waals surface area (Å²) in [6.45, 7) is 6.06. The minimum atomic E-state index is 0.780. The fraction of sp³-hybridized carbons (Fsp3) is 0.615.